The Morgan fingerprint density at radius 3 is 2.80 bits per heavy atom. The summed E-state index contributed by atoms with van der Waals surface area (Å²) in [6, 6.07) is 0. The average molecular weight is 215 g/mol. The number of hydrogen-bond donors (Lipinski definition) is 0. The Morgan fingerprint density at radius 1 is 1.47 bits per heavy atom. The first kappa shape index (κ1) is 12.5. The number of ether oxygens (including phenoxy) is 2. The number of esters is 1. The molecule has 1 rings (SSSR count). The van der Waals surface area contributed by atoms with E-state index >= 15 is 0 Å². The second-order valence-electron chi connectivity index (χ2n) is 4.17. The molecular weight excluding hydrogens is 194 g/mol. The maximum Gasteiger partial charge on any atom is 0.306 e. The van der Waals surface area contributed by atoms with Gasteiger partial charge in [-0.1, -0.05) is 6.92 Å². The molecule has 0 radical (unpaired) electrons. The van der Waals surface area contributed by atoms with Crippen molar-refractivity contribution in [1.82, 2.24) is 4.90 Å². The van der Waals surface area contributed by atoms with Gasteiger partial charge in [-0.15, -0.1) is 0 Å². The van der Waals surface area contributed by atoms with E-state index in [0.29, 0.717) is 18.4 Å². The molecule has 1 heterocycles. The summed E-state index contributed by atoms with van der Waals surface area (Å²) in [7, 11) is 3.18. The van der Waals surface area contributed by atoms with Gasteiger partial charge in [-0.25, -0.2) is 0 Å². The van der Waals surface area contributed by atoms with Crippen LogP contribution in [0.3, 0.4) is 0 Å². The van der Waals surface area contributed by atoms with E-state index in [9.17, 15) is 4.79 Å². The highest BCUT2D eigenvalue weighted by Gasteiger charge is 2.25. The molecule has 1 aliphatic heterocycles. The molecular formula is C11H21NO3. The molecule has 1 saturated heterocycles. The maximum absolute atomic E-state index is 11.0. The third kappa shape index (κ3) is 3.80. The zero-order valence-corrected chi connectivity index (χ0v) is 9.86. The minimum absolute atomic E-state index is 0.136. The van der Waals surface area contributed by atoms with E-state index in [1.807, 2.05) is 0 Å². The molecule has 15 heavy (non-hydrogen) atoms. The molecule has 0 aromatic rings. The second-order valence-corrected chi connectivity index (χ2v) is 4.17. The fraction of sp³-hybridized carbons (Fsp3) is 0.909. The highest BCUT2D eigenvalue weighted by atomic mass is 16.5. The molecule has 88 valence electrons. The van der Waals surface area contributed by atoms with Crippen molar-refractivity contribution in [2.75, 3.05) is 33.9 Å². The van der Waals surface area contributed by atoms with E-state index in [2.05, 4.69) is 16.6 Å². The number of hydrogen-bond acceptors (Lipinski definition) is 4. The summed E-state index contributed by atoms with van der Waals surface area (Å²) >= 11 is 0. The molecule has 0 aromatic carbocycles. The first-order valence-electron chi connectivity index (χ1n) is 5.49. The lowest BCUT2D eigenvalue weighted by Crippen LogP contribution is -2.44. The first-order valence-corrected chi connectivity index (χ1v) is 5.49. The monoisotopic (exact) mass is 215 g/mol. The highest BCUT2D eigenvalue weighted by Crippen LogP contribution is 2.19. The topological polar surface area (TPSA) is 38.8 Å². The lowest BCUT2D eigenvalue weighted by molar-refractivity contribution is -0.141. The van der Waals surface area contributed by atoms with Crippen LogP contribution in [0.15, 0.2) is 0 Å². The van der Waals surface area contributed by atoms with Crippen molar-refractivity contribution in [2.24, 2.45) is 5.92 Å². The Labute approximate surface area is 91.5 Å². The van der Waals surface area contributed by atoms with E-state index in [4.69, 9.17) is 4.74 Å². The molecule has 0 spiro atoms. The maximum atomic E-state index is 11.0. The Hall–Kier alpha value is -0.610. The highest BCUT2D eigenvalue weighted by molar-refractivity contribution is 5.69. The molecule has 0 amide bonds. The van der Waals surface area contributed by atoms with Gasteiger partial charge in [0.25, 0.3) is 0 Å². The molecule has 0 aromatic heterocycles. The number of likely N-dealkylation sites (tertiary alicyclic amines) is 1. The van der Waals surface area contributed by atoms with E-state index < -0.39 is 0 Å². The largest absolute Gasteiger partial charge is 0.469 e. The molecule has 4 heteroatoms. The molecule has 2 atom stereocenters. The number of carbonyl (C=O) groups excluding carboxylic acids is 1. The van der Waals surface area contributed by atoms with Crippen molar-refractivity contribution < 1.29 is 14.3 Å². The van der Waals surface area contributed by atoms with Gasteiger partial charge in [0.2, 0.25) is 0 Å². The predicted molar refractivity (Wildman–Crippen MR) is 57.7 cm³/mol. The van der Waals surface area contributed by atoms with Crippen LogP contribution in [0, 0.1) is 5.92 Å². The minimum Gasteiger partial charge on any atom is -0.469 e. The van der Waals surface area contributed by atoms with Gasteiger partial charge in [-0.2, -0.15) is 0 Å². The summed E-state index contributed by atoms with van der Waals surface area (Å²) < 4.78 is 10.0. The van der Waals surface area contributed by atoms with E-state index in [1.54, 1.807) is 7.11 Å². The third-order valence-electron chi connectivity index (χ3n) is 3.14. The van der Waals surface area contributed by atoms with E-state index in [-0.39, 0.29) is 5.97 Å². The summed E-state index contributed by atoms with van der Waals surface area (Å²) in [4.78, 5) is 13.3. The van der Waals surface area contributed by atoms with Gasteiger partial charge in [-0.05, 0) is 18.9 Å². The standard InChI is InChI=1S/C11H21NO3/c1-9-4-6-12(8-10(9)14-2)7-5-11(13)15-3/h9-10H,4-8H2,1-3H3. The Morgan fingerprint density at radius 2 is 2.20 bits per heavy atom. The fourth-order valence-electron chi connectivity index (χ4n) is 1.96. The van der Waals surface area contributed by atoms with Crippen molar-refractivity contribution in [2.45, 2.75) is 25.9 Å². The summed E-state index contributed by atoms with van der Waals surface area (Å²) in [6.45, 7) is 4.97. The second kappa shape index (κ2) is 6.08. The van der Waals surface area contributed by atoms with Crippen LogP contribution in [-0.2, 0) is 14.3 Å². The van der Waals surface area contributed by atoms with Crippen LogP contribution in [-0.4, -0.2) is 50.8 Å². The van der Waals surface area contributed by atoms with Crippen molar-refractivity contribution in [1.29, 1.82) is 0 Å². The smallest absolute Gasteiger partial charge is 0.306 e. The lowest BCUT2D eigenvalue weighted by atomic mass is 9.96. The summed E-state index contributed by atoms with van der Waals surface area (Å²) in [5.74, 6) is 0.479. The Bertz CT molecular complexity index is 208. The summed E-state index contributed by atoms with van der Waals surface area (Å²) in [6.07, 6.45) is 1.91. The van der Waals surface area contributed by atoms with Gasteiger partial charge in [0, 0.05) is 20.2 Å². The van der Waals surface area contributed by atoms with Gasteiger partial charge in [0.15, 0.2) is 0 Å². The van der Waals surface area contributed by atoms with Gasteiger partial charge < -0.3 is 14.4 Å². The van der Waals surface area contributed by atoms with Crippen molar-refractivity contribution in [3.8, 4) is 0 Å². The summed E-state index contributed by atoms with van der Waals surface area (Å²) in [5, 5.41) is 0. The van der Waals surface area contributed by atoms with Crippen molar-refractivity contribution in [3.63, 3.8) is 0 Å². The number of rotatable bonds is 4. The van der Waals surface area contributed by atoms with Crippen LogP contribution >= 0.6 is 0 Å². The van der Waals surface area contributed by atoms with Crippen LogP contribution in [0.2, 0.25) is 0 Å². The first-order chi connectivity index (χ1) is 7.17. The van der Waals surface area contributed by atoms with Crippen molar-refractivity contribution >= 4 is 5.97 Å². The number of piperidine rings is 1. The van der Waals surface area contributed by atoms with Gasteiger partial charge in [0.05, 0.1) is 19.6 Å². The van der Waals surface area contributed by atoms with Gasteiger partial charge in [-0.3, -0.25) is 4.79 Å². The molecule has 0 N–H and O–H groups in total. The zero-order valence-electron chi connectivity index (χ0n) is 9.86. The molecule has 1 aliphatic rings. The normalized spacial score (nSPS) is 27.7. The van der Waals surface area contributed by atoms with Gasteiger partial charge in [0.1, 0.15) is 0 Å². The van der Waals surface area contributed by atoms with Crippen LogP contribution in [0.25, 0.3) is 0 Å². The molecule has 0 bridgehead atoms. The molecule has 0 saturated carbocycles. The molecule has 0 aliphatic carbocycles. The van der Waals surface area contributed by atoms with Crippen molar-refractivity contribution in [3.05, 3.63) is 0 Å². The van der Waals surface area contributed by atoms with Gasteiger partial charge >= 0.3 is 5.97 Å². The molecule has 1 fully saturated rings. The number of nitrogens with zero attached hydrogens (tertiary/aromatic N) is 1. The van der Waals surface area contributed by atoms with Crippen LogP contribution in [0.4, 0.5) is 0 Å². The molecule has 2 unspecified atom stereocenters. The van der Waals surface area contributed by atoms with E-state index in [0.717, 1.165) is 26.1 Å². The summed E-state index contributed by atoms with van der Waals surface area (Å²) in [5.41, 5.74) is 0. The average Bonchev–Trinajstić information content (AvgIpc) is 2.27. The van der Waals surface area contributed by atoms with Crippen LogP contribution in [0.1, 0.15) is 19.8 Å². The quantitative estimate of drug-likeness (QED) is 0.653. The third-order valence-corrected chi connectivity index (χ3v) is 3.14. The number of methoxy groups -OCH3 is 2. The predicted octanol–water partition coefficient (Wildman–Crippen LogP) is 0.906. The van der Waals surface area contributed by atoms with Crippen LogP contribution < -0.4 is 0 Å². The fourth-order valence-corrected chi connectivity index (χ4v) is 1.96. The lowest BCUT2D eigenvalue weighted by Gasteiger charge is -2.35. The SMILES string of the molecule is COC(=O)CCN1CCC(C)C(OC)C1. The van der Waals surface area contributed by atoms with Crippen LogP contribution in [0.5, 0.6) is 0 Å². The van der Waals surface area contributed by atoms with E-state index in [1.165, 1.54) is 7.11 Å². The Kier molecular flexibility index (Phi) is 5.05. The zero-order chi connectivity index (χ0) is 11.3. The minimum atomic E-state index is -0.136. The molecule has 4 nitrogen and oxygen atoms in total. The number of carbonyl (C=O) groups is 1. The Balaban J connectivity index is 2.29.